The Morgan fingerprint density at radius 3 is 2.03 bits per heavy atom. The molecule has 9 heteroatoms. The van der Waals surface area contributed by atoms with E-state index in [0.29, 0.717) is 18.1 Å². The van der Waals surface area contributed by atoms with Crippen LogP contribution in [0.4, 0.5) is 35.1 Å². The van der Waals surface area contributed by atoms with Gasteiger partial charge in [0.1, 0.15) is 28.8 Å². The molecule has 0 bridgehead atoms. The number of hydrogen-bond donors (Lipinski definition) is 0. The second kappa shape index (κ2) is 11.6. The fraction of sp³-hybridized carbons (Fsp3) is 0.400. The lowest BCUT2D eigenvalue weighted by Crippen LogP contribution is -2.26. The van der Waals surface area contributed by atoms with Crippen LogP contribution in [-0.2, 0) is 6.11 Å². The van der Waals surface area contributed by atoms with E-state index in [1.807, 2.05) is 0 Å². The maximum atomic E-state index is 15.1. The molecule has 1 saturated carbocycles. The van der Waals surface area contributed by atoms with Gasteiger partial charge in [0.05, 0.1) is 0 Å². The van der Waals surface area contributed by atoms with E-state index < -0.39 is 57.9 Å². The largest absolute Gasteiger partial charge is 0.432 e. The number of alkyl halides is 2. The predicted octanol–water partition coefficient (Wildman–Crippen LogP) is 10.1. The molecule has 1 fully saturated rings. The molecule has 3 aromatic rings. The second-order valence-corrected chi connectivity index (χ2v) is 10.1. The van der Waals surface area contributed by atoms with Crippen LogP contribution in [0, 0.1) is 47.7 Å². The van der Waals surface area contributed by atoms with Gasteiger partial charge in [-0.1, -0.05) is 38.3 Å². The Morgan fingerprint density at radius 2 is 1.44 bits per heavy atom. The Kier molecular flexibility index (Phi) is 8.57. The van der Waals surface area contributed by atoms with Crippen LogP contribution in [-0.4, -0.2) is 0 Å². The molecule has 0 saturated heterocycles. The molecule has 0 aromatic heterocycles. The van der Waals surface area contributed by atoms with Gasteiger partial charge in [0.15, 0.2) is 17.5 Å². The molecule has 0 amide bonds. The Hall–Kier alpha value is -3.10. The maximum absolute atomic E-state index is 15.1. The first kappa shape index (κ1) is 28.9. The normalized spacial score (nSPS) is 17.9. The van der Waals surface area contributed by atoms with Gasteiger partial charge >= 0.3 is 6.11 Å². The van der Waals surface area contributed by atoms with Crippen molar-refractivity contribution in [3.8, 4) is 16.9 Å². The Labute approximate surface area is 221 Å². The molecule has 0 aliphatic heterocycles. The Morgan fingerprint density at radius 1 is 0.795 bits per heavy atom. The van der Waals surface area contributed by atoms with Crippen molar-refractivity contribution in [1.29, 1.82) is 0 Å². The van der Waals surface area contributed by atoms with E-state index in [1.54, 1.807) is 6.07 Å². The first-order chi connectivity index (χ1) is 18.4. The van der Waals surface area contributed by atoms with Crippen LogP contribution in [0.2, 0.25) is 0 Å². The van der Waals surface area contributed by atoms with E-state index in [0.717, 1.165) is 44.6 Å². The lowest BCUT2D eigenvalue weighted by Gasteiger charge is -2.29. The van der Waals surface area contributed by atoms with Crippen molar-refractivity contribution in [3.05, 3.63) is 88.0 Å². The lowest BCUT2D eigenvalue weighted by atomic mass is 9.77. The third-order valence-corrected chi connectivity index (χ3v) is 7.52. The molecule has 0 spiro atoms. The number of benzene rings is 3. The van der Waals surface area contributed by atoms with Crippen LogP contribution in [0.5, 0.6) is 5.75 Å². The third kappa shape index (κ3) is 6.07. The molecular formula is C30H28F8O. The number of rotatable bonds is 8. The second-order valence-electron chi connectivity index (χ2n) is 10.1. The van der Waals surface area contributed by atoms with E-state index in [4.69, 9.17) is 0 Å². The molecule has 0 heterocycles. The lowest BCUT2D eigenvalue weighted by molar-refractivity contribution is -0.190. The molecule has 0 N–H and O–H groups in total. The van der Waals surface area contributed by atoms with Gasteiger partial charge in [0, 0.05) is 17.2 Å². The van der Waals surface area contributed by atoms with Crippen LogP contribution in [0.1, 0.15) is 74.5 Å². The van der Waals surface area contributed by atoms with Crippen molar-refractivity contribution in [3.63, 3.8) is 0 Å². The van der Waals surface area contributed by atoms with Gasteiger partial charge in [-0.25, -0.2) is 26.3 Å². The molecule has 0 unspecified atom stereocenters. The van der Waals surface area contributed by atoms with Crippen LogP contribution >= 0.6 is 0 Å². The van der Waals surface area contributed by atoms with E-state index >= 15 is 4.39 Å². The van der Waals surface area contributed by atoms with Gasteiger partial charge in [-0.2, -0.15) is 8.78 Å². The zero-order valence-electron chi connectivity index (χ0n) is 21.5. The van der Waals surface area contributed by atoms with E-state index in [9.17, 15) is 30.7 Å². The summed E-state index contributed by atoms with van der Waals surface area (Å²) in [5, 5.41) is 0. The zero-order valence-corrected chi connectivity index (χ0v) is 21.5. The first-order valence-corrected chi connectivity index (χ1v) is 12.9. The van der Waals surface area contributed by atoms with E-state index in [2.05, 4.69) is 11.7 Å². The number of hydrogen-bond acceptors (Lipinski definition) is 1. The Bertz CT molecular complexity index is 1320. The fourth-order valence-corrected chi connectivity index (χ4v) is 5.26. The monoisotopic (exact) mass is 556 g/mol. The summed E-state index contributed by atoms with van der Waals surface area (Å²) < 4.78 is 119. The van der Waals surface area contributed by atoms with Crippen LogP contribution in [0.15, 0.2) is 36.4 Å². The molecule has 0 atom stereocenters. The maximum Gasteiger partial charge on any atom is 0.432 e. The summed E-state index contributed by atoms with van der Waals surface area (Å²) in [7, 11) is 0. The predicted molar refractivity (Wildman–Crippen MR) is 132 cm³/mol. The van der Waals surface area contributed by atoms with Crippen LogP contribution in [0.3, 0.4) is 0 Å². The number of ether oxygens (including phenoxy) is 1. The molecule has 39 heavy (non-hydrogen) atoms. The standard InChI is InChI=1S/C30H28F8O/c1-3-4-5-17-6-8-18(9-7-17)19-10-11-21(22(31)12-19)20-13-23(32)27(24(33)14-20)30(37,38)39-26-15-25(34)29(36)28(35)16(26)2/h10-15,17-18H,3-9H2,1-2H3. The summed E-state index contributed by atoms with van der Waals surface area (Å²) in [6, 6.07) is 5.58. The highest BCUT2D eigenvalue weighted by atomic mass is 19.3. The van der Waals surface area contributed by atoms with Gasteiger partial charge in [0.2, 0.25) is 0 Å². The molecule has 1 aliphatic carbocycles. The summed E-state index contributed by atoms with van der Waals surface area (Å²) in [6.07, 6.45) is 2.73. The molecule has 3 aromatic carbocycles. The van der Waals surface area contributed by atoms with E-state index in [-0.39, 0.29) is 23.1 Å². The minimum Gasteiger partial charge on any atom is -0.428 e. The van der Waals surface area contributed by atoms with Crippen LogP contribution < -0.4 is 4.74 Å². The quantitative estimate of drug-likeness (QED) is 0.198. The average Bonchev–Trinajstić information content (AvgIpc) is 2.88. The summed E-state index contributed by atoms with van der Waals surface area (Å²) in [5.41, 5.74) is -2.37. The summed E-state index contributed by atoms with van der Waals surface area (Å²) in [4.78, 5) is 0. The van der Waals surface area contributed by atoms with Crippen molar-refractivity contribution < 1.29 is 39.9 Å². The van der Waals surface area contributed by atoms with E-state index in [1.165, 1.54) is 25.0 Å². The average molecular weight is 557 g/mol. The number of halogens is 8. The van der Waals surface area contributed by atoms with Crippen molar-refractivity contribution in [2.75, 3.05) is 0 Å². The van der Waals surface area contributed by atoms with Crippen molar-refractivity contribution in [1.82, 2.24) is 0 Å². The highest BCUT2D eigenvalue weighted by Gasteiger charge is 2.42. The molecule has 210 valence electrons. The van der Waals surface area contributed by atoms with Gasteiger partial charge in [-0.3, -0.25) is 0 Å². The molecule has 4 rings (SSSR count). The third-order valence-electron chi connectivity index (χ3n) is 7.52. The molecule has 1 nitrogen and oxygen atoms in total. The molecular weight excluding hydrogens is 528 g/mol. The van der Waals surface area contributed by atoms with Gasteiger partial charge in [-0.15, -0.1) is 0 Å². The highest BCUT2D eigenvalue weighted by molar-refractivity contribution is 5.65. The fourth-order valence-electron chi connectivity index (χ4n) is 5.26. The minimum atomic E-state index is -4.73. The summed E-state index contributed by atoms with van der Waals surface area (Å²) in [6.45, 7) is 2.99. The Balaban J connectivity index is 1.56. The molecule has 0 radical (unpaired) electrons. The first-order valence-electron chi connectivity index (χ1n) is 12.9. The zero-order chi connectivity index (χ0) is 28.5. The van der Waals surface area contributed by atoms with Crippen molar-refractivity contribution in [2.45, 2.75) is 70.8 Å². The minimum absolute atomic E-state index is 0.153. The van der Waals surface area contributed by atoms with Crippen molar-refractivity contribution in [2.24, 2.45) is 5.92 Å². The smallest absolute Gasteiger partial charge is 0.428 e. The topological polar surface area (TPSA) is 9.23 Å². The highest BCUT2D eigenvalue weighted by Crippen LogP contribution is 2.41. The summed E-state index contributed by atoms with van der Waals surface area (Å²) >= 11 is 0. The summed E-state index contributed by atoms with van der Waals surface area (Å²) in [5.74, 6) is -10.1. The SMILES string of the molecule is CCCCC1CCC(c2ccc(-c3cc(F)c(C(F)(F)Oc4cc(F)c(F)c(F)c4C)c(F)c3)c(F)c2)CC1. The van der Waals surface area contributed by atoms with Gasteiger partial charge < -0.3 is 4.74 Å². The van der Waals surface area contributed by atoms with Gasteiger partial charge in [0.25, 0.3) is 0 Å². The van der Waals surface area contributed by atoms with Crippen molar-refractivity contribution >= 4 is 0 Å². The van der Waals surface area contributed by atoms with Crippen LogP contribution in [0.25, 0.3) is 11.1 Å². The molecule has 1 aliphatic rings. The number of unbranched alkanes of at least 4 members (excludes halogenated alkanes) is 1. The van der Waals surface area contributed by atoms with Gasteiger partial charge in [-0.05, 0) is 73.8 Å².